The molecule has 0 aromatic rings. The van der Waals surface area contributed by atoms with Crippen molar-refractivity contribution in [3.63, 3.8) is 0 Å². The predicted octanol–water partition coefficient (Wildman–Crippen LogP) is 2.03. The minimum atomic E-state index is -1.60. The molecular weight excluding hydrogens is 422 g/mol. The summed E-state index contributed by atoms with van der Waals surface area (Å²) in [6.45, 7) is 3.78. The third-order valence-electron chi connectivity index (χ3n) is 6.09. The van der Waals surface area contributed by atoms with Crippen LogP contribution in [0.5, 0.6) is 0 Å². The van der Waals surface area contributed by atoms with Gasteiger partial charge >= 0.3 is 5.97 Å². The molecule has 2 fully saturated rings. The SMILES string of the molecule is C/C1=C/C(=O)O[C@@H]2C[C@@H](CC[C@H](C)C=C[C@H](O)[C@@H](O)CC1)O[C@@](O)([C@H]1CSC(=O)N1)C2. The van der Waals surface area contributed by atoms with Crippen LogP contribution in [0, 0.1) is 5.92 Å². The Morgan fingerprint density at radius 3 is 2.65 bits per heavy atom. The molecule has 3 heterocycles. The highest BCUT2D eigenvalue weighted by Gasteiger charge is 2.49. The van der Waals surface area contributed by atoms with Crippen LogP contribution in [0.2, 0.25) is 0 Å². The normalized spacial score (nSPS) is 42.4. The fraction of sp³-hybridized carbons (Fsp3) is 0.727. The second-order valence-corrected chi connectivity index (χ2v) is 9.90. The Morgan fingerprint density at radius 2 is 1.94 bits per heavy atom. The van der Waals surface area contributed by atoms with Crippen LogP contribution in [0.25, 0.3) is 0 Å². The summed E-state index contributed by atoms with van der Waals surface area (Å²) in [6, 6.07) is -0.564. The summed E-state index contributed by atoms with van der Waals surface area (Å²) >= 11 is 1.10. The van der Waals surface area contributed by atoms with Gasteiger partial charge in [-0.25, -0.2) is 4.79 Å². The van der Waals surface area contributed by atoms with Crippen LogP contribution in [0.4, 0.5) is 4.79 Å². The van der Waals surface area contributed by atoms with Crippen LogP contribution in [0.3, 0.4) is 0 Å². The third kappa shape index (κ3) is 6.79. The summed E-state index contributed by atoms with van der Waals surface area (Å²) in [7, 11) is 0. The molecule has 0 spiro atoms. The van der Waals surface area contributed by atoms with E-state index in [1.54, 1.807) is 13.0 Å². The van der Waals surface area contributed by atoms with Crippen LogP contribution in [-0.2, 0) is 14.3 Å². The molecule has 174 valence electrons. The van der Waals surface area contributed by atoms with E-state index >= 15 is 0 Å². The number of esters is 1. The molecular formula is C22H33NO7S. The van der Waals surface area contributed by atoms with Gasteiger partial charge in [0, 0.05) is 24.7 Å². The molecule has 31 heavy (non-hydrogen) atoms. The van der Waals surface area contributed by atoms with Gasteiger partial charge in [-0.1, -0.05) is 36.4 Å². The number of hydrogen-bond donors (Lipinski definition) is 4. The maximum atomic E-state index is 12.5. The van der Waals surface area contributed by atoms with Gasteiger partial charge in [-0.05, 0) is 38.5 Å². The van der Waals surface area contributed by atoms with Crippen molar-refractivity contribution in [2.45, 2.75) is 88.6 Å². The van der Waals surface area contributed by atoms with Crippen LogP contribution in [0.15, 0.2) is 23.8 Å². The van der Waals surface area contributed by atoms with E-state index in [9.17, 15) is 24.9 Å². The molecule has 3 aliphatic rings. The molecule has 3 aliphatic heterocycles. The van der Waals surface area contributed by atoms with E-state index in [1.807, 2.05) is 13.0 Å². The fourth-order valence-corrected chi connectivity index (χ4v) is 5.09. The van der Waals surface area contributed by atoms with Gasteiger partial charge in [0.05, 0.1) is 24.4 Å². The topological polar surface area (TPSA) is 125 Å². The average Bonchev–Trinajstić information content (AvgIpc) is 3.14. The van der Waals surface area contributed by atoms with Crippen molar-refractivity contribution in [1.29, 1.82) is 0 Å². The number of hydrogen-bond acceptors (Lipinski definition) is 8. The second-order valence-electron chi connectivity index (χ2n) is 8.91. The lowest BCUT2D eigenvalue weighted by Crippen LogP contribution is -2.58. The molecule has 9 heteroatoms. The first-order chi connectivity index (χ1) is 14.6. The first-order valence-corrected chi connectivity index (χ1v) is 11.9. The van der Waals surface area contributed by atoms with Gasteiger partial charge in [0.25, 0.3) is 5.24 Å². The zero-order valence-electron chi connectivity index (χ0n) is 18.0. The number of aliphatic hydroxyl groups excluding tert-OH is 2. The van der Waals surface area contributed by atoms with E-state index in [-0.39, 0.29) is 23.7 Å². The molecule has 8 nitrogen and oxygen atoms in total. The Kier molecular flexibility index (Phi) is 8.20. The Bertz CT molecular complexity index is 727. The summed E-state index contributed by atoms with van der Waals surface area (Å²) in [5.74, 6) is -1.60. The van der Waals surface area contributed by atoms with Crippen molar-refractivity contribution < 1.29 is 34.4 Å². The van der Waals surface area contributed by atoms with Crippen LogP contribution in [0.1, 0.15) is 52.4 Å². The van der Waals surface area contributed by atoms with E-state index in [2.05, 4.69) is 5.32 Å². The van der Waals surface area contributed by atoms with Crippen LogP contribution in [-0.4, -0.2) is 68.5 Å². The smallest absolute Gasteiger partial charge is 0.330 e. The number of rotatable bonds is 1. The van der Waals surface area contributed by atoms with Crippen molar-refractivity contribution in [2.75, 3.05) is 5.75 Å². The molecule has 1 amide bonds. The van der Waals surface area contributed by atoms with Crippen LogP contribution >= 0.6 is 11.8 Å². The van der Waals surface area contributed by atoms with Crippen molar-refractivity contribution in [1.82, 2.24) is 5.32 Å². The summed E-state index contributed by atoms with van der Waals surface area (Å²) in [5.41, 5.74) is 0.735. The number of fused-ring (bicyclic) bond motifs is 2. The van der Waals surface area contributed by atoms with Crippen molar-refractivity contribution >= 4 is 23.0 Å². The van der Waals surface area contributed by atoms with Crippen molar-refractivity contribution in [2.24, 2.45) is 5.92 Å². The molecule has 2 bridgehead atoms. The molecule has 4 N–H and O–H groups in total. The molecule has 0 radical (unpaired) electrons. The largest absolute Gasteiger partial charge is 0.459 e. The van der Waals surface area contributed by atoms with Crippen LogP contribution < -0.4 is 5.32 Å². The highest BCUT2D eigenvalue weighted by molar-refractivity contribution is 8.14. The van der Waals surface area contributed by atoms with Gasteiger partial charge in [0.15, 0.2) is 5.79 Å². The summed E-state index contributed by atoms with van der Waals surface area (Å²) in [6.07, 6.45) is 4.79. The molecule has 0 saturated carbocycles. The Morgan fingerprint density at radius 1 is 1.16 bits per heavy atom. The number of thioether (sulfide) groups is 1. The second kappa shape index (κ2) is 10.5. The maximum absolute atomic E-state index is 12.5. The monoisotopic (exact) mass is 455 g/mol. The quantitative estimate of drug-likeness (QED) is 0.350. The fourth-order valence-electron chi connectivity index (χ4n) is 4.20. The number of aliphatic hydroxyl groups is 3. The van der Waals surface area contributed by atoms with Gasteiger partial charge in [-0.3, -0.25) is 4.79 Å². The molecule has 0 aromatic carbocycles. The molecule has 2 saturated heterocycles. The molecule has 3 rings (SSSR count). The van der Waals surface area contributed by atoms with Crippen molar-refractivity contribution in [3.8, 4) is 0 Å². The summed E-state index contributed by atoms with van der Waals surface area (Å²) in [5, 5.41) is 34.1. The lowest BCUT2D eigenvalue weighted by molar-refractivity contribution is -0.283. The zero-order valence-corrected chi connectivity index (χ0v) is 18.8. The Labute approximate surface area is 187 Å². The standard InChI is InChI=1S/C22H33NO7S/c1-13-3-6-15-10-16(11-22(28,30-15)19-12-31-21(27)23-19)29-20(26)9-14(2)5-8-18(25)17(24)7-4-13/h4,7,9,13,15-19,24-25,28H,3,5-6,8,10-12H2,1-2H3,(H,23,27)/b7-4?,14-9-/t13-,15+,16+,17-,18-,19+,22+/m0/s1. The predicted molar refractivity (Wildman–Crippen MR) is 116 cm³/mol. The molecule has 7 atom stereocenters. The van der Waals surface area contributed by atoms with E-state index in [1.165, 1.54) is 6.08 Å². The third-order valence-corrected chi connectivity index (χ3v) is 6.97. The van der Waals surface area contributed by atoms with Gasteiger partial charge in [0.2, 0.25) is 0 Å². The number of allylic oxidation sites excluding steroid dienone is 2. The number of ether oxygens (including phenoxy) is 2. The van der Waals surface area contributed by atoms with E-state index in [0.29, 0.717) is 31.4 Å². The minimum Gasteiger partial charge on any atom is -0.459 e. The zero-order chi connectivity index (χ0) is 22.6. The Balaban J connectivity index is 1.79. The average molecular weight is 456 g/mol. The van der Waals surface area contributed by atoms with E-state index in [0.717, 1.165) is 23.8 Å². The molecule has 0 aliphatic carbocycles. The lowest BCUT2D eigenvalue weighted by atomic mass is 9.90. The van der Waals surface area contributed by atoms with E-state index < -0.39 is 36.1 Å². The first-order valence-electron chi connectivity index (χ1n) is 10.9. The minimum absolute atomic E-state index is 0.0913. The Hall–Kier alpha value is -1.39. The highest BCUT2D eigenvalue weighted by atomic mass is 32.2. The number of amides is 1. The maximum Gasteiger partial charge on any atom is 0.330 e. The van der Waals surface area contributed by atoms with Gasteiger partial charge in [-0.2, -0.15) is 0 Å². The number of carbonyl (C=O) groups is 2. The van der Waals surface area contributed by atoms with E-state index in [4.69, 9.17) is 9.47 Å². The molecule has 0 unspecified atom stereocenters. The summed E-state index contributed by atoms with van der Waals surface area (Å²) < 4.78 is 11.7. The molecule has 0 aromatic heterocycles. The van der Waals surface area contributed by atoms with Gasteiger partial charge in [0.1, 0.15) is 6.10 Å². The van der Waals surface area contributed by atoms with Gasteiger partial charge in [-0.15, -0.1) is 0 Å². The highest BCUT2D eigenvalue weighted by Crippen LogP contribution is 2.37. The van der Waals surface area contributed by atoms with Crippen molar-refractivity contribution in [3.05, 3.63) is 23.8 Å². The number of nitrogens with one attached hydrogen (secondary N) is 1. The number of carbonyl (C=O) groups excluding carboxylic acids is 2. The summed E-state index contributed by atoms with van der Waals surface area (Å²) in [4.78, 5) is 24.1. The van der Waals surface area contributed by atoms with Gasteiger partial charge < -0.3 is 30.1 Å². The lowest BCUT2D eigenvalue weighted by Gasteiger charge is -2.43. The first kappa shape index (κ1) is 24.3.